The molecule has 0 atom stereocenters. The highest BCUT2D eigenvalue weighted by Gasteiger charge is 2.30. The minimum Gasteiger partial charge on any atom is -0.481 e. The molecule has 0 aliphatic heterocycles. The highest BCUT2D eigenvalue weighted by molar-refractivity contribution is 5.73. The number of isocyanates is 1. The third-order valence-electron chi connectivity index (χ3n) is 4.91. The summed E-state index contributed by atoms with van der Waals surface area (Å²) in [7, 11) is 1.60. The molecule has 2 N–H and O–H groups in total. The van der Waals surface area contributed by atoms with Crippen molar-refractivity contribution >= 4 is 18.0 Å². The third-order valence-corrected chi connectivity index (χ3v) is 4.91. The Kier molecular flexibility index (Phi) is 21.1. The van der Waals surface area contributed by atoms with Gasteiger partial charge < -0.3 is 10.4 Å². The lowest BCUT2D eigenvalue weighted by Gasteiger charge is -2.22. The van der Waals surface area contributed by atoms with Gasteiger partial charge in [0, 0.05) is 14.0 Å². The van der Waals surface area contributed by atoms with Crippen LogP contribution in [0, 0.1) is 23.2 Å². The van der Waals surface area contributed by atoms with Gasteiger partial charge in [-0.05, 0) is 45.4 Å². The second-order valence-electron chi connectivity index (χ2n) is 8.80. The first-order valence-corrected chi connectivity index (χ1v) is 9.94. The Morgan fingerprint density at radius 1 is 1.00 bits per heavy atom. The molecule has 0 radical (unpaired) electrons. The molecule has 168 valence electrons. The van der Waals surface area contributed by atoms with Gasteiger partial charge in [-0.2, -0.15) is 4.99 Å². The lowest BCUT2D eigenvalue weighted by atomic mass is 9.81. The zero-order chi connectivity index (χ0) is 23.7. The van der Waals surface area contributed by atoms with Crippen LogP contribution in [0.1, 0.15) is 89.5 Å². The normalized spacial score (nSPS) is 10.4. The largest absolute Gasteiger partial charge is 0.481 e. The van der Waals surface area contributed by atoms with Crippen LogP contribution in [0.4, 0.5) is 0 Å². The summed E-state index contributed by atoms with van der Waals surface area (Å²) in [6.45, 7) is 23.3. The van der Waals surface area contributed by atoms with E-state index in [4.69, 9.17) is 5.11 Å². The summed E-state index contributed by atoms with van der Waals surface area (Å²) < 4.78 is 0. The first-order chi connectivity index (χ1) is 12.4. The van der Waals surface area contributed by atoms with Crippen molar-refractivity contribution in [3.05, 3.63) is 0 Å². The molecule has 0 unspecified atom stereocenters. The van der Waals surface area contributed by atoms with Gasteiger partial charge in [-0.25, -0.2) is 4.79 Å². The third kappa shape index (κ3) is 22.4. The van der Waals surface area contributed by atoms with Crippen LogP contribution in [0.3, 0.4) is 0 Å². The standard InChI is InChI=1S/C7H13NO.C7H14O2.C5H12.C3H7NO/c1-6(2)7(3,4)8-5-9;1-5(2)7(3,4)6(8)9;1-4-5(2)3;1-3(5)4-2/h6H,1-4H3;5H,1-4H3,(H,8,9);5H,4H2,1-3H3;1-2H3,(H,4,5). The quantitative estimate of drug-likeness (QED) is 0.481. The van der Waals surface area contributed by atoms with Gasteiger partial charge in [0.15, 0.2) is 0 Å². The number of carbonyl (C=O) groups is 2. The summed E-state index contributed by atoms with van der Waals surface area (Å²) in [5.41, 5.74) is -0.832. The van der Waals surface area contributed by atoms with Gasteiger partial charge in [0.05, 0.1) is 11.0 Å². The fourth-order valence-corrected chi connectivity index (χ4v) is 0.494. The second-order valence-corrected chi connectivity index (χ2v) is 8.80. The van der Waals surface area contributed by atoms with Crippen molar-refractivity contribution in [3.63, 3.8) is 0 Å². The summed E-state index contributed by atoms with van der Waals surface area (Å²) >= 11 is 0. The molecule has 0 saturated carbocycles. The molecule has 0 fully saturated rings. The Hall–Kier alpha value is -1.68. The maximum absolute atomic E-state index is 10.5. The van der Waals surface area contributed by atoms with Crippen LogP contribution in [0.25, 0.3) is 0 Å². The Labute approximate surface area is 173 Å². The number of aliphatic imine (C=N–C) groups is 1. The molecule has 0 rings (SSSR count). The lowest BCUT2D eigenvalue weighted by molar-refractivity contribution is -0.149. The second kappa shape index (κ2) is 17.4. The minimum absolute atomic E-state index is 0.00463. The van der Waals surface area contributed by atoms with E-state index in [1.54, 1.807) is 27.0 Å². The van der Waals surface area contributed by atoms with Gasteiger partial charge in [-0.3, -0.25) is 9.59 Å². The van der Waals surface area contributed by atoms with Gasteiger partial charge >= 0.3 is 5.97 Å². The average Bonchev–Trinajstić information content (AvgIpc) is 2.55. The van der Waals surface area contributed by atoms with Crippen LogP contribution in [-0.2, 0) is 14.4 Å². The van der Waals surface area contributed by atoms with Crippen molar-refractivity contribution in [1.82, 2.24) is 5.32 Å². The number of hydrogen-bond donors (Lipinski definition) is 2. The molecular weight excluding hydrogens is 356 g/mol. The molecule has 0 bridgehead atoms. The van der Waals surface area contributed by atoms with E-state index in [1.165, 1.54) is 13.3 Å². The van der Waals surface area contributed by atoms with E-state index in [2.05, 4.69) is 31.1 Å². The summed E-state index contributed by atoms with van der Waals surface area (Å²) in [6, 6.07) is 0. The van der Waals surface area contributed by atoms with Crippen molar-refractivity contribution in [2.45, 2.75) is 95.0 Å². The molecule has 0 aliphatic rings. The average molecular weight is 403 g/mol. The number of aliphatic carboxylic acids is 1. The molecule has 1 amide bonds. The topological polar surface area (TPSA) is 95.8 Å². The van der Waals surface area contributed by atoms with E-state index >= 15 is 0 Å². The van der Waals surface area contributed by atoms with E-state index in [-0.39, 0.29) is 17.4 Å². The smallest absolute Gasteiger partial charge is 0.309 e. The molecule has 0 heterocycles. The van der Waals surface area contributed by atoms with Gasteiger partial charge in [0.1, 0.15) is 0 Å². The SMILES string of the molecule is CC(C)C(C)(C)C(=O)O.CC(C)C(C)(C)N=C=O.CCC(C)C.CNC(C)=O. The van der Waals surface area contributed by atoms with E-state index in [0.29, 0.717) is 5.92 Å². The number of carbonyl (C=O) groups excluding carboxylic acids is 2. The van der Waals surface area contributed by atoms with E-state index < -0.39 is 11.4 Å². The zero-order valence-corrected chi connectivity index (χ0v) is 20.6. The van der Waals surface area contributed by atoms with Crippen LogP contribution in [0.2, 0.25) is 0 Å². The van der Waals surface area contributed by atoms with Gasteiger partial charge in [-0.1, -0.05) is 54.9 Å². The number of rotatable bonds is 5. The van der Waals surface area contributed by atoms with E-state index in [1.807, 2.05) is 41.5 Å². The van der Waals surface area contributed by atoms with Crippen LogP contribution < -0.4 is 5.32 Å². The van der Waals surface area contributed by atoms with Crippen molar-refractivity contribution in [1.29, 1.82) is 0 Å². The molecule has 0 aromatic heterocycles. The van der Waals surface area contributed by atoms with Crippen molar-refractivity contribution in [3.8, 4) is 0 Å². The molecule has 28 heavy (non-hydrogen) atoms. The predicted molar refractivity (Wildman–Crippen MR) is 118 cm³/mol. The fourth-order valence-electron chi connectivity index (χ4n) is 0.494. The molecular formula is C22H46N2O4. The molecule has 0 aliphatic carbocycles. The van der Waals surface area contributed by atoms with Crippen molar-refractivity contribution in [2.75, 3.05) is 7.05 Å². The monoisotopic (exact) mass is 402 g/mol. The Morgan fingerprint density at radius 3 is 1.36 bits per heavy atom. The number of carboxylic acids is 1. The molecule has 0 aromatic rings. The van der Waals surface area contributed by atoms with E-state index in [0.717, 1.165) is 5.92 Å². The maximum Gasteiger partial charge on any atom is 0.309 e. The first-order valence-electron chi connectivity index (χ1n) is 9.94. The number of nitrogens with one attached hydrogen (secondary N) is 1. The highest BCUT2D eigenvalue weighted by Crippen LogP contribution is 2.25. The molecule has 6 heteroatoms. The summed E-state index contributed by atoms with van der Waals surface area (Å²) in [5, 5.41) is 11.0. The van der Waals surface area contributed by atoms with Gasteiger partial charge in [0.25, 0.3) is 0 Å². The van der Waals surface area contributed by atoms with Crippen LogP contribution in [0.5, 0.6) is 0 Å². The molecule has 6 nitrogen and oxygen atoms in total. The predicted octanol–water partition coefficient (Wildman–Crippen LogP) is 5.31. The van der Waals surface area contributed by atoms with Crippen LogP contribution >= 0.6 is 0 Å². The van der Waals surface area contributed by atoms with Crippen molar-refractivity contribution < 1.29 is 19.5 Å². The summed E-state index contributed by atoms with van der Waals surface area (Å²) in [4.78, 5) is 33.6. The Bertz CT molecular complexity index is 443. The van der Waals surface area contributed by atoms with Crippen LogP contribution in [-0.4, -0.2) is 35.6 Å². The fraction of sp³-hybridized carbons (Fsp3) is 0.864. The van der Waals surface area contributed by atoms with Crippen molar-refractivity contribution in [2.24, 2.45) is 28.2 Å². The number of carboxylic acid groups (broad SMARTS) is 1. The molecule has 0 spiro atoms. The maximum atomic E-state index is 10.5. The Morgan fingerprint density at radius 2 is 1.32 bits per heavy atom. The van der Waals surface area contributed by atoms with E-state index in [9.17, 15) is 14.4 Å². The van der Waals surface area contributed by atoms with Crippen LogP contribution in [0.15, 0.2) is 4.99 Å². The summed E-state index contributed by atoms with van der Waals surface area (Å²) in [6.07, 6.45) is 2.87. The molecule has 0 aromatic carbocycles. The number of nitrogens with zero attached hydrogens (tertiary/aromatic N) is 1. The lowest BCUT2D eigenvalue weighted by Crippen LogP contribution is -2.29. The highest BCUT2D eigenvalue weighted by atomic mass is 16.4. The summed E-state index contributed by atoms with van der Waals surface area (Å²) in [5.74, 6) is 0.742. The minimum atomic E-state index is -0.725. The molecule has 0 saturated heterocycles. The first kappa shape index (κ1) is 33.9. The zero-order valence-electron chi connectivity index (χ0n) is 20.6. The van der Waals surface area contributed by atoms with Gasteiger partial charge in [0.2, 0.25) is 12.0 Å². The number of amides is 1. The Balaban J connectivity index is -0.000000143. The number of hydrogen-bond acceptors (Lipinski definition) is 4. The van der Waals surface area contributed by atoms with Gasteiger partial charge in [-0.15, -0.1) is 0 Å².